The van der Waals surface area contributed by atoms with E-state index >= 15 is 0 Å². The number of rotatable bonds is 2. The molecule has 0 unspecified atom stereocenters. The molecule has 4 heteroatoms. The van der Waals surface area contributed by atoms with Crippen LogP contribution in [-0.4, -0.2) is 23.1 Å². The third-order valence-electron chi connectivity index (χ3n) is 2.81. The highest BCUT2D eigenvalue weighted by atomic mass is 16.6. The zero-order valence-electron chi connectivity index (χ0n) is 14.8. The second kappa shape index (κ2) is 6.11. The van der Waals surface area contributed by atoms with E-state index in [-0.39, 0.29) is 11.9 Å². The lowest BCUT2D eigenvalue weighted by Gasteiger charge is -2.22. The van der Waals surface area contributed by atoms with Gasteiger partial charge >= 0.3 is 11.9 Å². The summed E-state index contributed by atoms with van der Waals surface area (Å²) in [7, 11) is 0. The minimum Gasteiger partial charge on any atom is -0.456 e. The van der Waals surface area contributed by atoms with Gasteiger partial charge in [0.25, 0.3) is 0 Å². The molecule has 0 radical (unpaired) electrons. The van der Waals surface area contributed by atoms with Gasteiger partial charge in [-0.05, 0) is 78.6 Å². The molecule has 0 fully saturated rings. The van der Waals surface area contributed by atoms with Crippen molar-refractivity contribution in [3.05, 3.63) is 34.4 Å². The van der Waals surface area contributed by atoms with Crippen LogP contribution in [0.3, 0.4) is 0 Å². The quantitative estimate of drug-likeness (QED) is 0.768. The number of ether oxygens (including phenoxy) is 2. The van der Waals surface area contributed by atoms with Crippen molar-refractivity contribution in [3.63, 3.8) is 0 Å². The Hall–Kier alpha value is -1.84. The molecule has 0 saturated heterocycles. The van der Waals surface area contributed by atoms with Gasteiger partial charge in [0.2, 0.25) is 0 Å². The molecule has 22 heavy (non-hydrogen) atoms. The van der Waals surface area contributed by atoms with E-state index in [1.165, 1.54) is 0 Å². The molecule has 1 aromatic rings. The molecule has 1 rings (SSSR count). The lowest BCUT2D eigenvalue weighted by molar-refractivity contribution is 0.00503. The standard InChI is InChI=1S/C18H26O4/c1-11-9-14(16(20)22-18(6,7)8)12(2)10-13(11)15(19)21-17(3,4)5/h9-10H,1-8H3. The van der Waals surface area contributed by atoms with Gasteiger partial charge in [-0.15, -0.1) is 0 Å². The number of benzene rings is 1. The molecule has 0 aliphatic rings. The topological polar surface area (TPSA) is 52.6 Å². The maximum absolute atomic E-state index is 12.2. The van der Waals surface area contributed by atoms with E-state index in [0.717, 1.165) is 0 Å². The fraction of sp³-hybridized carbons (Fsp3) is 0.556. The van der Waals surface area contributed by atoms with E-state index < -0.39 is 11.2 Å². The Morgan fingerprint density at radius 2 is 1.00 bits per heavy atom. The first-order valence-electron chi connectivity index (χ1n) is 7.38. The van der Waals surface area contributed by atoms with E-state index in [4.69, 9.17) is 9.47 Å². The summed E-state index contributed by atoms with van der Waals surface area (Å²) in [5.41, 5.74) is 1.23. The Kier molecular flexibility index (Phi) is 5.06. The maximum Gasteiger partial charge on any atom is 0.338 e. The van der Waals surface area contributed by atoms with E-state index in [9.17, 15) is 9.59 Å². The summed E-state index contributed by atoms with van der Waals surface area (Å²) in [5.74, 6) is -0.771. The van der Waals surface area contributed by atoms with E-state index in [1.807, 2.05) is 41.5 Å². The van der Waals surface area contributed by atoms with Gasteiger partial charge in [-0.25, -0.2) is 9.59 Å². The van der Waals surface area contributed by atoms with E-state index in [1.54, 1.807) is 26.0 Å². The molecule has 0 atom stereocenters. The zero-order chi connectivity index (χ0) is 17.3. The molecule has 0 bridgehead atoms. The first kappa shape index (κ1) is 18.2. The first-order chi connectivity index (χ1) is 9.80. The van der Waals surface area contributed by atoms with Gasteiger partial charge in [-0.1, -0.05) is 0 Å². The molecule has 0 aliphatic heterocycles. The summed E-state index contributed by atoms with van der Waals surface area (Å²) < 4.78 is 10.8. The molecular weight excluding hydrogens is 280 g/mol. The highest BCUT2D eigenvalue weighted by Gasteiger charge is 2.23. The van der Waals surface area contributed by atoms with Gasteiger partial charge in [-0.2, -0.15) is 0 Å². The molecule has 0 spiro atoms. The van der Waals surface area contributed by atoms with E-state index in [2.05, 4.69) is 0 Å². The van der Waals surface area contributed by atoms with Crippen molar-refractivity contribution in [2.75, 3.05) is 0 Å². The monoisotopic (exact) mass is 306 g/mol. The number of hydrogen-bond donors (Lipinski definition) is 0. The minimum atomic E-state index is -0.554. The zero-order valence-corrected chi connectivity index (χ0v) is 14.8. The molecule has 122 valence electrons. The van der Waals surface area contributed by atoms with Crippen LogP contribution in [-0.2, 0) is 9.47 Å². The van der Waals surface area contributed by atoms with Gasteiger partial charge in [-0.3, -0.25) is 0 Å². The number of esters is 2. The third-order valence-corrected chi connectivity index (χ3v) is 2.81. The summed E-state index contributed by atoms with van der Waals surface area (Å²) >= 11 is 0. The van der Waals surface area contributed by atoms with Crippen LogP contribution in [0.5, 0.6) is 0 Å². The van der Waals surface area contributed by atoms with Crippen molar-refractivity contribution in [3.8, 4) is 0 Å². The number of aryl methyl sites for hydroxylation is 2. The van der Waals surface area contributed by atoms with Gasteiger partial charge in [0.1, 0.15) is 11.2 Å². The molecule has 0 N–H and O–H groups in total. The lowest BCUT2D eigenvalue weighted by atomic mass is 9.99. The van der Waals surface area contributed by atoms with Crippen molar-refractivity contribution >= 4 is 11.9 Å². The average Bonchev–Trinajstić information content (AvgIpc) is 2.26. The van der Waals surface area contributed by atoms with Crippen LogP contribution in [0.25, 0.3) is 0 Å². The highest BCUT2D eigenvalue weighted by Crippen LogP contribution is 2.22. The summed E-state index contributed by atoms with van der Waals surface area (Å²) in [5, 5.41) is 0. The van der Waals surface area contributed by atoms with Gasteiger partial charge in [0.05, 0.1) is 11.1 Å². The lowest BCUT2D eigenvalue weighted by Crippen LogP contribution is -2.26. The van der Waals surface area contributed by atoms with Crippen LogP contribution in [0, 0.1) is 13.8 Å². The van der Waals surface area contributed by atoms with Crippen molar-refractivity contribution in [2.45, 2.75) is 66.6 Å². The molecular formula is C18H26O4. The second-order valence-electron chi connectivity index (χ2n) is 7.49. The molecule has 0 saturated carbocycles. The molecule has 0 aromatic heterocycles. The van der Waals surface area contributed by atoms with Gasteiger partial charge in [0.15, 0.2) is 0 Å². The van der Waals surface area contributed by atoms with Crippen LogP contribution in [0.1, 0.15) is 73.4 Å². The largest absolute Gasteiger partial charge is 0.456 e. The Bertz CT molecular complexity index is 533. The Balaban J connectivity index is 3.12. The summed E-state index contributed by atoms with van der Waals surface area (Å²) in [6.07, 6.45) is 0. The summed E-state index contributed by atoms with van der Waals surface area (Å²) in [6.45, 7) is 14.5. The van der Waals surface area contributed by atoms with Crippen LogP contribution in [0.4, 0.5) is 0 Å². The fourth-order valence-corrected chi connectivity index (χ4v) is 1.92. The Labute approximate surface area is 132 Å². The number of hydrogen-bond acceptors (Lipinski definition) is 4. The Morgan fingerprint density at radius 1 is 0.727 bits per heavy atom. The molecule has 0 aliphatic carbocycles. The summed E-state index contributed by atoms with van der Waals surface area (Å²) in [6, 6.07) is 3.37. The Morgan fingerprint density at radius 3 is 1.23 bits per heavy atom. The van der Waals surface area contributed by atoms with Crippen LogP contribution in [0.15, 0.2) is 12.1 Å². The van der Waals surface area contributed by atoms with Gasteiger partial charge in [0, 0.05) is 0 Å². The van der Waals surface area contributed by atoms with Crippen molar-refractivity contribution in [2.24, 2.45) is 0 Å². The average molecular weight is 306 g/mol. The van der Waals surface area contributed by atoms with Crippen LogP contribution >= 0.6 is 0 Å². The molecule has 1 aromatic carbocycles. The molecule has 0 heterocycles. The second-order valence-corrected chi connectivity index (χ2v) is 7.49. The molecule has 4 nitrogen and oxygen atoms in total. The molecule has 0 amide bonds. The SMILES string of the molecule is Cc1cc(C(=O)OC(C)(C)C)c(C)cc1C(=O)OC(C)(C)C. The predicted molar refractivity (Wildman–Crippen MR) is 86.3 cm³/mol. The van der Waals surface area contributed by atoms with E-state index in [0.29, 0.717) is 22.3 Å². The maximum atomic E-state index is 12.2. The van der Waals surface area contributed by atoms with Crippen molar-refractivity contribution in [1.82, 2.24) is 0 Å². The fourth-order valence-electron chi connectivity index (χ4n) is 1.92. The summed E-state index contributed by atoms with van der Waals surface area (Å²) in [4.78, 5) is 24.4. The first-order valence-corrected chi connectivity index (χ1v) is 7.38. The predicted octanol–water partition coefficient (Wildman–Crippen LogP) is 4.21. The smallest absolute Gasteiger partial charge is 0.338 e. The normalized spacial score (nSPS) is 12.0. The van der Waals surface area contributed by atoms with Gasteiger partial charge < -0.3 is 9.47 Å². The van der Waals surface area contributed by atoms with Crippen molar-refractivity contribution in [1.29, 1.82) is 0 Å². The highest BCUT2D eigenvalue weighted by molar-refractivity contribution is 5.96. The van der Waals surface area contributed by atoms with Crippen molar-refractivity contribution < 1.29 is 19.1 Å². The minimum absolute atomic E-state index is 0.385. The van der Waals surface area contributed by atoms with Crippen LogP contribution < -0.4 is 0 Å². The van der Waals surface area contributed by atoms with Crippen LogP contribution in [0.2, 0.25) is 0 Å². The number of carbonyl (C=O) groups excluding carboxylic acids is 2. The number of carbonyl (C=O) groups is 2. The third kappa shape index (κ3) is 5.17.